The van der Waals surface area contributed by atoms with Crippen LogP contribution in [0, 0.1) is 0 Å². The maximum atomic E-state index is 5.53. The van der Waals surface area contributed by atoms with E-state index in [9.17, 15) is 0 Å². The average Bonchev–Trinajstić information content (AvgIpc) is 2.84. The largest absolute Gasteiger partial charge is 0.496 e. The maximum absolute atomic E-state index is 5.53. The van der Waals surface area contributed by atoms with Crippen LogP contribution in [0.15, 0.2) is 34.9 Å². The van der Waals surface area contributed by atoms with Crippen molar-refractivity contribution in [2.24, 2.45) is 0 Å². The number of para-hydroxylation sites is 1. The van der Waals surface area contributed by atoms with Crippen LogP contribution in [0.2, 0.25) is 0 Å². The Hall–Kier alpha value is -1.81. The number of methoxy groups -OCH3 is 1. The molecule has 4 heteroatoms. The minimum atomic E-state index is 0.0591. The van der Waals surface area contributed by atoms with E-state index in [4.69, 9.17) is 9.15 Å². The van der Waals surface area contributed by atoms with Crippen LogP contribution in [0.1, 0.15) is 26.5 Å². The molecule has 0 saturated carbocycles. The summed E-state index contributed by atoms with van der Waals surface area (Å²) in [6.45, 7) is 7.04. The van der Waals surface area contributed by atoms with Crippen LogP contribution in [0.3, 0.4) is 0 Å². The van der Waals surface area contributed by atoms with Crippen molar-refractivity contribution in [1.82, 2.24) is 10.3 Å². The first-order chi connectivity index (χ1) is 8.99. The quantitative estimate of drug-likeness (QED) is 0.916. The molecule has 1 aromatic carbocycles. The molecule has 0 bridgehead atoms. The molecular weight excluding hydrogens is 240 g/mol. The summed E-state index contributed by atoms with van der Waals surface area (Å²) >= 11 is 0. The molecule has 0 aliphatic heterocycles. The van der Waals surface area contributed by atoms with Crippen LogP contribution in [-0.2, 0) is 6.54 Å². The fraction of sp³-hybridized carbons (Fsp3) is 0.400. The third-order valence-electron chi connectivity index (χ3n) is 2.69. The number of rotatable bonds is 4. The van der Waals surface area contributed by atoms with Crippen molar-refractivity contribution < 1.29 is 9.15 Å². The molecule has 0 amide bonds. The highest BCUT2D eigenvalue weighted by Gasteiger charge is 2.13. The number of hydrogen-bond donors (Lipinski definition) is 1. The van der Waals surface area contributed by atoms with Crippen molar-refractivity contribution in [3.05, 3.63) is 36.2 Å². The normalized spacial score (nSPS) is 11.6. The second-order valence-corrected chi connectivity index (χ2v) is 5.45. The predicted molar refractivity (Wildman–Crippen MR) is 75.1 cm³/mol. The van der Waals surface area contributed by atoms with Gasteiger partial charge in [0, 0.05) is 12.1 Å². The average molecular weight is 260 g/mol. The van der Waals surface area contributed by atoms with E-state index in [-0.39, 0.29) is 5.54 Å². The molecule has 1 aromatic heterocycles. The van der Waals surface area contributed by atoms with Crippen molar-refractivity contribution in [3.63, 3.8) is 0 Å². The van der Waals surface area contributed by atoms with Crippen LogP contribution in [-0.4, -0.2) is 17.6 Å². The summed E-state index contributed by atoms with van der Waals surface area (Å²) in [6, 6.07) is 7.70. The SMILES string of the molecule is COc1ccccc1-c1nc(CNC(C)(C)C)co1. The van der Waals surface area contributed by atoms with Gasteiger partial charge in [0.1, 0.15) is 12.0 Å². The molecular formula is C15H20N2O2. The van der Waals surface area contributed by atoms with Gasteiger partial charge in [-0.2, -0.15) is 0 Å². The van der Waals surface area contributed by atoms with Crippen molar-refractivity contribution in [3.8, 4) is 17.2 Å². The highest BCUT2D eigenvalue weighted by atomic mass is 16.5. The molecule has 1 heterocycles. The third kappa shape index (κ3) is 3.58. The second-order valence-electron chi connectivity index (χ2n) is 5.45. The van der Waals surface area contributed by atoms with Crippen molar-refractivity contribution in [2.45, 2.75) is 32.9 Å². The summed E-state index contributed by atoms with van der Waals surface area (Å²) < 4.78 is 10.8. The minimum absolute atomic E-state index is 0.0591. The summed E-state index contributed by atoms with van der Waals surface area (Å²) in [4.78, 5) is 4.48. The van der Waals surface area contributed by atoms with Gasteiger partial charge in [-0.05, 0) is 32.9 Å². The Morgan fingerprint density at radius 3 is 2.68 bits per heavy atom. The molecule has 19 heavy (non-hydrogen) atoms. The summed E-state index contributed by atoms with van der Waals surface area (Å²) in [5.74, 6) is 1.35. The third-order valence-corrected chi connectivity index (χ3v) is 2.69. The molecule has 0 saturated heterocycles. The van der Waals surface area contributed by atoms with E-state index in [1.165, 1.54) is 0 Å². The first-order valence-corrected chi connectivity index (χ1v) is 6.32. The van der Waals surface area contributed by atoms with Gasteiger partial charge in [0.25, 0.3) is 0 Å². The number of ether oxygens (including phenoxy) is 1. The Morgan fingerprint density at radius 1 is 1.26 bits per heavy atom. The number of nitrogens with zero attached hydrogens (tertiary/aromatic N) is 1. The zero-order chi connectivity index (χ0) is 13.9. The lowest BCUT2D eigenvalue weighted by atomic mass is 10.1. The first-order valence-electron chi connectivity index (χ1n) is 6.32. The molecule has 0 unspecified atom stereocenters. The van der Waals surface area contributed by atoms with E-state index in [2.05, 4.69) is 31.1 Å². The Balaban J connectivity index is 2.17. The van der Waals surface area contributed by atoms with Gasteiger partial charge in [-0.15, -0.1) is 0 Å². The topological polar surface area (TPSA) is 47.3 Å². The molecule has 1 N–H and O–H groups in total. The molecule has 0 spiro atoms. The number of aromatic nitrogens is 1. The van der Waals surface area contributed by atoms with Crippen molar-refractivity contribution in [2.75, 3.05) is 7.11 Å². The molecule has 2 aromatic rings. The first kappa shape index (κ1) is 13.6. The van der Waals surface area contributed by atoms with Gasteiger partial charge >= 0.3 is 0 Å². The summed E-state index contributed by atoms with van der Waals surface area (Å²) in [5.41, 5.74) is 1.81. The van der Waals surface area contributed by atoms with Crippen LogP contribution in [0.25, 0.3) is 11.5 Å². The molecule has 2 rings (SSSR count). The van der Waals surface area contributed by atoms with Crippen LogP contribution in [0.5, 0.6) is 5.75 Å². The Kier molecular flexibility index (Phi) is 3.90. The highest BCUT2D eigenvalue weighted by molar-refractivity contribution is 5.62. The Labute approximate surface area is 113 Å². The number of oxazole rings is 1. The number of nitrogens with one attached hydrogen (secondary N) is 1. The molecule has 102 valence electrons. The summed E-state index contributed by atoms with van der Waals surface area (Å²) in [6.07, 6.45) is 1.68. The monoisotopic (exact) mass is 260 g/mol. The van der Waals surface area contributed by atoms with Gasteiger partial charge in [0.15, 0.2) is 0 Å². The van der Waals surface area contributed by atoms with Crippen molar-refractivity contribution in [1.29, 1.82) is 0 Å². The molecule has 0 atom stereocenters. The van der Waals surface area contributed by atoms with Gasteiger partial charge in [0.2, 0.25) is 5.89 Å². The zero-order valence-corrected chi connectivity index (χ0v) is 11.9. The number of hydrogen-bond acceptors (Lipinski definition) is 4. The Morgan fingerprint density at radius 2 is 2.00 bits per heavy atom. The molecule has 0 fully saturated rings. The molecule has 0 radical (unpaired) electrons. The van der Waals surface area contributed by atoms with Gasteiger partial charge in [-0.1, -0.05) is 12.1 Å². The van der Waals surface area contributed by atoms with Crippen LogP contribution < -0.4 is 10.1 Å². The Bertz CT molecular complexity index is 541. The van der Waals surface area contributed by atoms with Gasteiger partial charge < -0.3 is 14.5 Å². The van der Waals surface area contributed by atoms with Crippen LogP contribution in [0.4, 0.5) is 0 Å². The van der Waals surface area contributed by atoms with E-state index in [1.54, 1.807) is 13.4 Å². The molecule has 4 nitrogen and oxygen atoms in total. The smallest absolute Gasteiger partial charge is 0.229 e. The summed E-state index contributed by atoms with van der Waals surface area (Å²) in [5, 5.41) is 3.38. The van der Waals surface area contributed by atoms with Gasteiger partial charge in [0.05, 0.1) is 18.4 Å². The predicted octanol–water partition coefficient (Wildman–Crippen LogP) is 3.24. The van der Waals surface area contributed by atoms with E-state index < -0.39 is 0 Å². The number of benzene rings is 1. The minimum Gasteiger partial charge on any atom is -0.496 e. The van der Waals surface area contributed by atoms with E-state index in [1.807, 2.05) is 24.3 Å². The van der Waals surface area contributed by atoms with Crippen LogP contribution >= 0.6 is 0 Å². The van der Waals surface area contributed by atoms with E-state index >= 15 is 0 Å². The summed E-state index contributed by atoms with van der Waals surface area (Å²) in [7, 11) is 1.64. The highest BCUT2D eigenvalue weighted by Crippen LogP contribution is 2.28. The molecule has 0 aliphatic carbocycles. The van der Waals surface area contributed by atoms with Gasteiger partial charge in [-0.25, -0.2) is 4.98 Å². The lowest BCUT2D eigenvalue weighted by Gasteiger charge is -2.19. The maximum Gasteiger partial charge on any atom is 0.229 e. The standard InChI is InChI=1S/C15H20N2O2/c1-15(2,3)16-9-11-10-19-14(17-11)12-7-5-6-8-13(12)18-4/h5-8,10,16H,9H2,1-4H3. The second kappa shape index (κ2) is 5.45. The van der Waals surface area contributed by atoms with E-state index in [0.717, 1.165) is 17.0 Å². The molecule has 0 aliphatic rings. The van der Waals surface area contributed by atoms with E-state index in [0.29, 0.717) is 12.4 Å². The lowest BCUT2D eigenvalue weighted by Crippen LogP contribution is -2.35. The van der Waals surface area contributed by atoms with Crippen molar-refractivity contribution >= 4 is 0 Å². The van der Waals surface area contributed by atoms with Gasteiger partial charge in [-0.3, -0.25) is 0 Å². The fourth-order valence-corrected chi connectivity index (χ4v) is 1.69. The lowest BCUT2D eigenvalue weighted by molar-refractivity contribution is 0.414. The fourth-order valence-electron chi connectivity index (χ4n) is 1.69. The zero-order valence-electron chi connectivity index (χ0n) is 11.9.